The number of ether oxygens (including phenoxy) is 1. The number of benzene rings is 1. The molecule has 0 atom stereocenters. The Bertz CT molecular complexity index is 921. The first-order valence-electron chi connectivity index (χ1n) is 8.02. The second-order valence-corrected chi connectivity index (χ2v) is 8.00. The molecule has 1 aromatic carbocycles. The Hall–Kier alpha value is -2.54. The highest BCUT2D eigenvalue weighted by molar-refractivity contribution is 7.92. The lowest BCUT2D eigenvalue weighted by atomic mass is 9.92. The molecule has 1 aromatic heterocycles. The first-order valence-corrected chi connectivity index (χ1v) is 9.50. The smallest absolute Gasteiger partial charge is 0.262 e. The number of pyridine rings is 1. The van der Waals surface area contributed by atoms with Crippen LogP contribution in [0.1, 0.15) is 26.3 Å². The van der Waals surface area contributed by atoms with Crippen molar-refractivity contribution in [1.29, 1.82) is 0 Å². The lowest BCUT2D eigenvalue weighted by Crippen LogP contribution is -2.45. The van der Waals surface area contributed by atoms with Crippen LogP contribution in [0, 0.1) is 0 Å². The number of nitrogens with zero attached hydrogens (tertiary/aromatic N) is 1. The third-order valence-corrected chi connectivity index (χ3v) is 5.14. The summed E-state index contributed by atoms with van der Waals surface area (Å²) in [6.07, 6.45) is 5.01. The van der Waals surface area contributed by atoms with Crippen LogP contribution in [0.5, 0.6) is 5.75 Å². The fourth-order valence-electron chi connectivity index (χ4n) is 2.70. The average molecular weight is 359 g/mol. The van der Waals surface area contributed by atoms with Crippen LogP contribution >= 0.6 is 0 Å². The third kappa shape index (κ3) is 3.76. The maximum absolute atomic E-state index is 12.9. The molecule has 0 saturated heterocycles. The zero-order valence-electron chi connectivity index (χ0n) is 14.4. The Morgan fingerprint density at radius 1 is 1.24 bits per heavy atom. The zero-order chi connectivity index (χ0) is 18.1. The first kappa shape index (κ1) is 17.3. The summed E-state index contributed by atoms with van der Waals surface area (Å²) in [6, 6.07) is 8.51. The molecule has 0 fully saturated rings. The number of aromatic nitrogens is 1. The maximum Gasteiger partial charge on any atom is 0.262 e. The minimum atomic E-state index is -3.76. The van der Waals surface area contributed by atoms with E-state index in [1.807, 2.05) is 32.9 Å². The highest BCUT2D eigenvalue weighted by Crippen LogP contribution is 2.32. The van der Waals surface area contributed by atoms with Gasteiger partial charge in [0.1, 0.15) is 5.75 Å². The predicted octanol–water partition coefficient (Wildman–Crippen LogP) is 3.00. The summed E-state index contributed by atoms with van der Waals surface area (Å²) in [5.41, 5.74) is 1.68. The van der Waals surface area contributed by atoms with Crippen molar-refractivity contribution >= 4 is 21.4 Å². The molecule has 6 nitrogen and oxygen atoms in total. The number of nitrogens with one attached hydrogen (secondary N) is 2. The van der Waals surface area contributed by atoms with Crippen LogP contribution in [-0.2, 0) is 10.0 Å². The molecular weight excluding hydrogens is 338 g/mol. The molecule has 2 heterocycles. The Morgan fingerprint density at radius 3 is 2.64 bits per heavy atom. The van der Waals surface area contributed by atoms with Crippen molar-refractivity contribution in [2.45, 2.75) is 31.2 Å². The van der Waals surface area contributed by atoms with Crippen molar-refractivity contribution < 1.29 is 13.2 Å². The van der Waals surface area contributed by atoms with E-state index in [9.17, 15) is 8.42 Å². The molecule has 1 aliphatic heterocycles. The van der Waals surface area contributed by atoms with Crippen LogP contribution in [0.15, 0.2) is 53.7 Å². The Kier molecular flexibility index (Phi) is 4.43. The molecule has 25 heavy (non-hydrogen) atoms. The summed E-state index contributed by atoms with van der Waals surface area (Å²) >= 11 is 0. The molecule has 0 saturated carbocycles. The van der Waals surface area contributed by atoms with E-state index in [0.717, 1.165) is 5.70 Å². The van der Waals surface area contributed by atoms with Gasteiger partial charge in [-0.1, -0.05) is 18.2 Å². The molecular formula is C18H21N3O3S. The SMILES string of the molecule is CCOc1cncc(NS(=O)(=O)c2ccccc2C2=CC(C)(C)N2)c1. The predicted molar refractivity (Wildman–Crippen MR) is 97.8 cm³/mol. The fourth-order valence-corrected chi connectivity index (χ4v) is 3.96. The molecule has 1 aliphatic rings. The van der Waals surface area contributed by atoms with Gasteiger partial charge in [0.15, 0.2) is 0 Å². The fraction of sp³-hybridized carbons (Fsp3) is 0.278. The summed E-state index contributed by atoms with van der Waals surface area (Å²) in [7, 11) is -3.76. The Morgan fingerprint density at radius 2 is 1.96 bits per heavy atom. The van der Waals surface area contributed by atoms with Gasteiger partial charge in [0.05, 0.1) is 35.1 Å². The second-order valence-electron chi connectivity index (χ2n) is 6.35. The van der Waals surface area contributed by atoms with Crippen molar-refractivity contribution in [2.24, 2.45) is 0 Å². The first-order chi connectivity index (χ1) is 11.8. The van der Waals surface area contributed by atoms with E-state index in [1.54, 1.807) is 30.5 Å². The van der Waals surface area contributed by atoms with Gasteiger partial charge in [-0.25, -0.2) is 8.42 Å². The quantitative estimate of drug-likeness (QED) is 0.829. The van der Waals surface area contributed by atoms with E-state index in [4.69, 9.17) is 4.74 Å². The zero-order valence-corrected chi connectivity index (χ0v) is 15.2. The highest BCUT2D eigenvalue weighted by Gasteiger charge is 2.30. The minimum Gasteiger partial charge on any atom is -0.492 e. The van der Waals surface area contributed by atoms with E-state index in [1.165, 1.54) is 6.20 Å². The van der Waals surface area contributed by atoms with Gasteiger partial charge < -0.3 is 10.1 Å². The third-order valence-electron chi connectivity index (χ3n) is 3.71. The van der Waals surface area contributed by atoms with Gasteiger partial charge in [0.25, 0.3) is 10.0 Å². The molecule has 0 unspecified atom stereocenters. The summed E-state index contributed by atoms with van der Waals surface area (Å²) in [4.78, 5) is 4.22. The van der Waals surface area contributed by atoms with Crippen LogP contribution in [0.25, 0.3) is 5.70 Å². The molecule has 0 spiro atoms. The van der Waals surface area contributed by atoms with Gasteiger partial charge in [-0.15, -0.1) is 0 Å². The van der Waals surface area contributed by atoms with Crippen LogP contribution in [0.3, 0.4) is 0 Å². The summed E-state index contributed by atoms with van der Waals surface area (Å²) in [6.45, 7) is 6.39. The van der Waals surface area contributed by atoms with Gasteiger partial charge in [-0.3, -0.25) is 9.71 Å². The number of anilines is 1. The van der Waals surface area contributed by atoms with E-state index in [2.05, 4.69) is 15.0 Å². The van der Waals surface area contributed by atoms with Crippen molar-refractivity contribution in [2.75, 3.05) is 11.3 Å². The van der Waals surface area contributed by atoms with Crippen LogP contribution in [0.2, 0.25) is 0 Å². The van der Waals surface area contributed by atoms with E-state index in [0.29, 0.717) is 23.6 Å². The molecule has 0 radical (unpaired) electrons. The standard InChI is InChI=1S/C18H21N3O3S/c1-4-24-14-9-13(11-19-12-14)21-25(22,23)17-8-6-5-7-15(17)16-10-18(2,3)20-16/h5-12,20-21H,4H2,1-3H3. The van der Waals surface area contributed by atoms with Crippen molar-refractivity contribution in [3.63, 3.8) is 0 Å². The summed E-state index contributed by atoms with van der Waals surface area (Å²) in [5.74, 6) is 0.515. The Balaban J connectivity index is 1.93. The number of hydrogen-bond acceptors (Lipinski definition) is 5. The topological polar surface area (TPSA) is 80.3 Å². The molecule has 0 amide bonds. The minimum absolute atomic E-state index is 0.130. The highest BCUT2D eigenvalue weighted by atomic mass is 32.2. The summed E-state index contributed by atoms with van der Waals surface area (Å²) < 4.78 is 33.7. The van der Waals surface area contributed by atoms with Crippen LogP contribution in [-0.4, -0.2) is 25.5 Å². The lowest BCUT2D eigenvalue weighted by Gasteiger charge is -2.36. The molecule has 0 bridgehead atoms. The van der Waals surface area contributed by atoms with Crippen LogP contribution < -0.4 is 14.8 Å². The number of hydrogen-bond donors (Lipinski definition) is 2. The van der Waals surface area contributed by atoms with Gasteiger partial charge in [-0.2, -0.15) is 0 Å². The molecule has 0 aliphatic carbocycles. The summed E-state index contributed by atoms with van der Waals surface area (Å²) in [5, 5.41) is 3.27. The van der Waals surface area contributed by atoms with Crippen molar-refractivity contribution in [1.82, 2.24) is 10.3 Å². The second kappa shape index (κ2) is 6.40. The van der Waals surface area contributed by atoms with Gasteiger partial charge in [0.2, 0.25) is 0 Å². The average Bonchev–Trinajstić information content (AvgIpc) is 2.53. The van der Waals surface area contributed by atoms with E-state index >= 15 is 0 Å². The number of rotatable bonds is 6. The monoisotopic (exact) mass is 359 g/mol. The molecule has 2 aromatic rings. The molecule has 2 N–H and O–H groups in total. The van der Waals surface area contributed by atoms with Gasteiger partial charge >= 0.3 is 0 Å². The Labute approximate surface area is 148 Å². The van der Waals surface area contributed by atoms with E-state index in [-0.39, 0.29) is 10.4 Å². The maximum atomic E-state index is 12.9. The molecule has 3 rings (SSSR count). The van der Waals surface area contributed by atoms with Crippen LogP contribution in [0.4, 0.5) is 5.69 Å². The van der Waals surface area contributed by atoms with Crippen molar-refractivity contribution in [3.05, 3.63) is 54.4 Å². The largest absolute Gasteiger partial charge is 0.492 e. The molecule has 7 heteroatoms. The van der Waals surface area contributed by atoms with E-state index < -0.39 is 10.0 Å². The van der Waals surface area contributed by atoms with Crippen molar-refractivity contribution in [3.8, 4) is 5.75 Å². The number of sulfonamides is 1. The lowest BCUT2D eigenvalue weighted by molar-refractivity contribution is 0.339. The normalized spacial score (nSPS) is 15.6. The van der Waals surface area contributed by atoms with Gasteiger partial charge in [-0.05, 0) is 32.9 Å². The van der Waals surface area contributed by atoms with Gasteiger partial charge in [0, 0.05) is 17.3 Å². The molecule has 132 valence electrons.